The van der Waals surface area contributed by atoms with Crippen molar-refractivity contribution in [3.05, 3.63) is 0 Å². The van der Waals surface area contributed by atoms with Crippen LogP contribution in [0.2, 0.25) is 0 Å². The first kappa shape index (κ1) is 16.6. The minimum absolute atomic E-state index is 0.0312. The molecule has 6 nitrogen and oxygen atoms in total. The molecule has 2 atom stereocenters. The van der Waals surface area contributed by atoms with Crippen molar-refractivity contribution in [3.8, 4) is 0 Å². The SMILES string of the molecule is CC1CN(S(=O)(=O)N2CCC(NCC3CC3)CC2)CC(C)O1. The van der Waals surface area contributed by atoms with Crippen molar-refractivity contribution < 1.29 is 13.2 Å². The number of piperidine rings is 1. The summed E-state index contributed by atoms with van der Waals surface area (Å²) in [6.45, 7) is 7.17. The van der Waals surface area contributed by atoms with E-state index in [0.29, 0.717) is 32.2 Å². The highest BCUT2D eigenvalue weighted by Crippen LogP contribution is 2.28. The van der Waals surface area contributed by atoms with Gasteiger partial charge in [-0.1, -0.05) is 0 Å². The van der Waals surface area contributed by atoms with Crippen LogP contribution in [0.25, 0.3) is 0 Å². The molecule has 1 N–H and O–H groups in total. The minimum Gasteiger partial charge on any atom is -0.373 e. The Labute approximate surface area is 134 Å². The van der Waals surface area contributed by atoms with Crippen LogP contribution in [0, 0.1) is 5.92 Å². The van der Waals surface area contributed by atoms with Gasteiger partial charge in [0.05, 0.1) is 12.2 Å². The first-order valence-corrected chi connectivity index (χ1v) is 9.99. The lowest BCUT2D eigenvalue weighted by Gasteiger charge is -2.39. The zero-order valence-corrected chi connectivity index (χ0v) is 14.5. The predicted molar refractivity (Wildman–Crippen MR) is 85.8 cm³/mol. The van der Waals surface area contributed by atoms with Gasteiger partial charge >= 0.3 is 0 Å². The molecule has 0 aromatic carbocycles. The third-order valence-electron chi connectivity index (χ3n) is 4.88. The van der Waals surface area contributed by atoms with Crippen molar-refractivity contribution in [1.29, 1.82) is 0 Å². The van der Waals surface area contributed by atoms with Crippen LogP contribution in [0.1, 0.15) is 39.5 Å². The van der Waals surface area contributed by atoms with Crippen molar-refractivity contribution in [2.45, 2.75) is 57.8 Å². The molecule has 7 heteroatoms. The fraction of sp³-hybridized carbons (Fsp3) is 1.00. The van der Waals surface area contributed by atoms with Gasteiger partial charge in [-0.2, -0.15) is 17.0 Å². The molecule has 0 aromatic rings. The lowest BCUT2D eigenvalue weighted by atomic mass is 10.1. The molecule has 1 aliphatic carbocycles. The molecule has 0 amide bonds. The van der Waals surface area contributed by atoms with Crippen LogP contribution in [-0.4, -0.2) is 68.0 Å². The molecule has 3 aliphatic rings. The van der Waals surface area contributed by atoms with Crippen LogP contribution >= 0.6 is 0 Å². The van der Waals surface area contributed by atoms with E-state index in [9.17, 15) is 8.42 Å². The Morgan fingerprint density at radius 2 is 1.59 bits per heavy atom. The van der Waals surface area contributed by atoms with Crippen molar-refractivity contribution in [2.75, 3.05) is 32.7 Å². The summed E-state index contributed by atoms with van der Waals surface area (Å²) in [6, 6.07) is 0.481. The summed E-state index contributed by atoms with van der Waals surface area (Å²) in [5, 5.41) is 3.59. The van der Waals surface area contributed by atoms with Gasteiger partial charge in [0.1, 0.15) is 0 Å². The van der Waals surface area contributed by atoms with Gasteiger partial charge in [0.2, 0.25) is 0 Å². The van der Waals surface area contributed by atoms with E-state index < -0.39 is 10.2 Å². The molecule has 0 aromatic heterocycles. The topological polar surface area (TPSA) is 61.9 Å². The van der Waals surface area contributed by atoms with Crippen LogP contribution in [0.5, 0.6) is 0 Å². The third-order valence-corrected chi connectivity index (χ3v) is 6.85. The summed E-state index contributed by atoms with van der Waals surface area (Å²) in [7, 11) is -3.33. The van der Waals surface area contributed by atoms with Gasteiger partial charge in [0, 0.05) is 32.2 Å². The molecule has 2 aliphatic heterocycles. The van der Waals surface area contributed by atoms with Crippen LogP contribution in [0.4, 0.5) is 0 Å². The van der Waals surface area contributed by atoms with Gasteiger partial charge in [0.15, 0.2) is 0 Å². The molecule has 0 spiro atoms. The summed E-state index contributed by atoms with van der Waals surface area (Å²) in [4.78, 5) is 0. The highest BCUT2D eigenvalue weighted by molar-refractivity contribution is 7.86. The first-order valence-electron chi connectivity index (χ1n) is 8.59. The summed E-state index contributed by atoms with van der Waals surface area (Å²) in [5.41, 5.74) is 0. The van der Waals surface area contributed by atoms with Gasteiger partial charge < -0.3 is 10.1 Å². The molecule has 2 saturated heterocycles. The lowest BCUT2D eigenvalue weighted by Crippen LogP contribution is -2.55. The van der Waals surface area contributed by atoms with E-state index in [1.54, 1.807) is 8.61 Å². The van der Waals surface area contributed by atoms with E-state index in [0.717, 1.165) is 25.3 Å². The van der Waals surface area contributed by atoms with Gasteiger partial charge in [-0.25, -0.2) is 0 Å². The number of hydrogen-bond acceptors (Lipinski definition) is 4. The average molecular weight is 331 g/mol. The first-order chi connectivity index (χ1) is 10.4. The number of nitrogens with one attached hydrogen (secondary N) is 1. The minimum atomic E-state index is -3.33. The smallest absolute Gasteiger partial charge is 0.282 e. The Balaban J connectivity index is 1.52. The Morgan fingerprint density at radius 1 is 1.00 bits per heavy atom. The van der Waals surface area contributed by atoms with Gasteiger partial charge in [0.25, 0.3) is 10.2 Å². The Bertz CT molecular complexity index is 462. The van der Waals surface area contributed by atoms with Gasteiger partial charge in [-0.05, 0) is 52.0 Å². The largest absolute Gasteiger partial charge is 0.373 e. The van der Waals surface area contributed by atoms with E-state index in [4.69, 9.17) is 4.74 Å². The summed E-state index contributed by atoms with van der Waals surface area (Å²) >= 11 is 0. The Kier molecular flexibility index (Phi) is 5.09. The fourth-order valence-electron chi connectivity index (χ4n) is 3.43. The van der Waals surface area contributed by atoms with Gasteiger partial charge in [-0.3, -0.25) is 0 Å². The molecular weight excluding hydrogens is 302 g/mol. The molecule has 2 unspecified atom stereocenters. The standard InChI is InChI=1S/C15H29N3O3S/c1-12-10-18(11-13(2)21-12)22(19,20)17-7-5-15(6-8-17)16-9-14-3-4-14/h12-16H,3-11H2,1-2H3. The predicted octanol–water partition coefficient (Wildman–Crippen LogP) is 0.804. The summed E-state index contributed by atoms with van der Waals surface area (Å²) < 4.78 is 34.5. The molecular formula is C15H29N3O3S. The highest BCUT2D eigenvalue weighted by atomic mass is 32.2. The summed E-state index contributed by atoms with van der Waals surface area (Å²) in [5.74, 6) is 0.873. The van der Waals surface area contributed by atoms with E-state index >= 15 is 0 Å². The number of ether oxygens (including phenoxy) is 1. The highest BCUT2D eigenvalue weighted by Gasteiger charge is 2.37. The number of hydrogen-bond donors (Lipinski definition) is 1. The number of nitrogens with zero attached hydrogens (tertiary/aromatic N) is 2. The lowest BCUT2D eigenvalue weighted by molar-refractivity contribution is -0.0456. The van der Waals surface area contributed by atoms with Crippen LogP contribution in [-0.2, 0) is 14.9 Å². The Morgan fingerprint density at radius 3 is 2.14 bits per heavy atom. The average Bonchev–Trinajstić information content (AvgIpc) is 3.29. The Hall–Kier alpha value is -0.210. The van der Waals surface area contributed by atoms with Crippen LogP contribution in [0.15, 0.2) is 0 Å². The van der Waals surface area contributed by atoms with Gasteiger partial charge in [-0.15, -0.1) is 0 Å². The van der Waals surface area contributed by atoms with Crippen molar-refractivity contribution >= 4 is 10.2 Å². The maximum absolute atomic E-state index is 12.8. The second kappa shape index (κ2) is 6.73. The molecule has 1 saturated carbocycles. The number of rotatable bonds is 5. The normalized spacial score (nSPS) is 33.2. The maximum Gasteiger partial charge on any atom is 0.282 e. The quantitative estimate of drug-likeness (QED) is 0.810. The monoisotopic (exact) mass is 331 g/mol. The molecule has 3 fully saturated rings. The van der Waals surface area contributed by atoms with Crippen molar-refractivity contribution in [2.24, 2.45) is 5.92 Å². The zero-order valence-electron chi connectivity index (χ0n) is 13.7. The second-order valence-corrected chi connectivity index (χ2v) is 9.04. The molecule has 22 heavy (non-hydrogen) atoms. The zero-order chi connectivity index (χ0) is 15.7. The van der Waals surface area contributed by atoms with Crippen molar-refractivity contribution in [3.63, 3.8) is 0 Å². The maximum atomic E-state index is 12.8. The molecule has 128 valence electrons. The van der Waals surface area contributed by atoms with Crippen LogP contribution in [0.3, 0.4) is 0 Å². The number of morpholine rings is 1. The molecule has 0 bridgehead atoms. The van der Waals surface area contributed by atoms with Crippen molar-refractivity contribution in [1.82, 2.24) is 13.9 Å². The molecule has 2 heterocycles. The molecule has 0 radical (unpaired) electrons. The van der Waals surface area contributed by atoms with E-state index in [2.05, 4.69) is 5.32 Å². The fourth-order valence-corrected chi connectivity index (χ4v) is 5.22. The van der Waals surface area contributed by atoms with E-state index in [1.807, 2.05) is 13.8 Å². The second-order valence-electron chi connectivity index (χ2n) is 7.11. The molecule has 3 rings (SSSR count). The van der Waals surface area contributed by atoms with Crippen LogP contribution < -0.4 is 5.32 Å². The summed E-state index contributed by atoms with van der Waals surface area (Å²) in [6.07, 6.45) is 4.48. The van der Waals surface area contributed by atoms with E-state index in [1.165, 1.54) is 12.8 Å². The third kappa shape index (κ3) is 4.00. The van der Waals surface area contributed by atoms with E-state index in [-0.39, 0.29) is 12.2 Å².